The van der Waals surface area contributed by atoms with Gasteiger partial charge in [0.25, 0.3) is 0 Å². The van der Waals surface area contributed by atoms with E-state index in [0.29, 0.717) is 17.6 Å². The van der Waals surface area contributed by atoms with Crippen LogP contribution >= 0.6 is 15.9 Å². The van der Waals surface area contributed by atoms with E-state index in [4.69, 9.17) is 0 Å². The van der Waals surface area contributed by atoms with E-state index in [-0.39, 0.29) is 4.90 Å². The number of hydrogen-bond donors (Lipinski definition) is 0. The molecular formula is C12H17BrN2O2S. The van der Waals surface area contributed by atoms with Gasteiger partial charge in [-0.2, -0.15) is 4.31 Å². The second-order valence-electron chi connectivity index (χ2n) is 4.51. The first-order valence-corrected chi connectivity index (χ1v) is 8.45. The molecule has 1 aromatic heterocycles. The van der Waals surface area contributed by atoms with Gasteiger partial charge in [-0.25, -0.2) is 8.42 Å². The van der Waals surface area contributed by atoms with Crippen LogP contribution in [0.25, 0.3) is 0 Å². The number of nitrogens with zero attached hydrogens (tertiary/aromatic N) is 2. The molecule has 0 atom stereocenters. The van der Waals surface area contributed by atoms with Gasteiger partial charge >= 0.3 is 0 Å². The molecule has 6 heteroatoms. The summed E-state index contributed by atoms with van der Waals surface area (Å²) in [5.41, 5.74) is 0. The number of rotatable bonds is 2. The van der Waals surface area contributed by atoms with E-state index in [9.17, 15) is 8.42 Å². The zero-order chi connectivity index (χ0) is 13.0. The molecule has 1 saturated heterocycles. The fourth-order valence-corrected chi connectivity index (χ4v) is 4.16. The van der Waals surface area contributed by atoms with Crippen molar-refractivity contribution >= 4 is 26.0 Å². The average molecular weight is 333 g/mol. The molecule has 4 nitrogen and oxygen atoms in total. The second kappa shape index (κ2) is 6.12. The Morgan fingerprint density at radius 2 is 1.67 bits per heavy atom. The van der Waals surface area contributed by atoms with Crippen molar-refractivity contribution in [3.63, 3.8) is 0 Å². The van der Waals surface area contributed by atoms with Gasteiger partial charge in [0.05, 0.1) is 0 Å². The van der Waals surface area contributed by atoms with Crippen LogP contribution in [0.15, 0.2) is 27.8 Å². The van der Waals surface area contributed by atoms with Crippen molar-refractivity contribution < 1.29 is 8.42 Å². The molecule has 1 fully saturated rings. The van der Waals surface area contributed by atoms with Gasteiger partial charge < -0.3 is 0 Å². The van der Waals surface area contributed by atoms with Crippen LogP contribution in [0.5, 0.6) is 0 Å². The summed E-state index contributed by atoms with van der Waals surface area (Å²) in [6.45, 7) is 1.24. The minimum Gasteiger partial charge on any atom is -0.262 e. The Hall–Kier alpha value is -0.460. The first-order valence-electron chi connectivity index (χ1n) is 6.21. The lowest BCUT2D eigenvalue weighted by Gasteiger charge is -2.24. The zero-order valence-electron chi connectivity index (χ0n) is 10.2. The quantitative estimate of drug-likeness (QED) is 0.836. The third-order valence-electron chi connectivity index (χ3n) is 3.13. The number of sulfonamides is 1. The lowest BCUT2D eigenvalue weighted by Crippen LogP contribution is -2.33. The van der Waals surface area contributed by atoms with Crippen molar-refractivity contribution in [3.05, 3.63) is 22.9 Å². The van der Waals surface area contributed by atoms with Crippen LogP contribution in [0.1, 0.15) is 32.1 Å². The monoisotopic (exact) mass is 332 g/mol. The summed E-state index contributed by atoms with van der Waals surface area (Å²) in [5.74, 6) is 0. The van der Waals surface area contributed by atoms with Crippen LogP contribution in [-0.4, -0.2) is 30.8 Å². The summed E-state index contributed by atoms with van der Waals surface area (Å²) < 4.78 is 27.2. The molecule has 0 radical (unpaired) electrons. The summed E-state index contributed by atoms with van der Waals surface area (Å²) in [6.07, 6.45) is 8.34. The van der Waals surface area contributed by atoms with E-state index in [1.165, 1.54) is 12.6 Å². The molecule has 0 amide bonds. The third kappa shape index (κ3) is 3.30. The molecule has 0 bridgehead atoms. The molecule has 0 N–H and O–H groups in total. The summed E-state index contributed by atoms with van der Waals surface area (Å²) in [7, 11) is -3.38. The maximum atomic E-state index is 12.5. The molecule has 1 aromatic rings. The first-order chi connectivity index (χ1) is 8.60. The number of hydrogen-bond acceptors (Lipinski definition) is 3. The Morgan fingerprint density at radius 3 is 2.28 bits per heavy atom. The van der Waals surface area contributed by atoms with Crippen molar-refractivity contribution in [2.75, 3.05) is 13.1 Å². The van der Waals surface area contributed by atoms with E-state index in [2.05, 4.69) is 20.9 Å². The maximum absolute atomic E-state index is 12.5. The van der Waals surface area contributed by atoms with Crippen molar-refractivity contribution in [1.82, 2.24) is 9.29 Å². The Bertz CT molecular complexity index is 497. The van der Waals surface area contributed by atoms with Gasteiger partial charge in [-0.3, -0.25) is 4.98 Å². The topological polar surface area (TPSA) is 50.3 Å². The Morgan fingerprint density at radius 1 is 1.06 bits per heavy atom. The van der Waals surface area contributed by atoms with E-state index < -0.39 is 10.0 Å². The Balaban J connectivity index is 2.23. The fourth-order valence-electron chi connectivity index (χ4n) is 2.14. The summed E-state index contributed by atoms with van der Waals surface area (Å²) in [4.78, 5) is 4.21. The zero-order valence-corrected chi connectivity index (χ0v) is 12.6. The molecule has 2 heterocycles. The SMILES string of the molecule is O=S(=O)(c1cncc(Br)c1)N1CCCCCCC1. The maximum Gasteiger partial charge on any atom is 0.244 e. The largest absolute Gasteiger partial charge is 0.262 e. The normalized spacial score (nSPS) is 19.2. The standard InChI is InChI=1S/C12H17BrN2O2S/c13-11-8-12(10-14-9-11)18(16,17)15-6-4-2-1-3-5-7-15/h8-10H,1-7H2. The van der Waals surface area contributed by atoms with Gasteiger partial charge in [0.15, 0.2) is 0 Å². The van der Waals surface area contributed by atoms with Gasteiger partial charge in [-0.1, -0.05) is 19.3 Å². The van der Waals surface area contributed by atoms with Gasteiger partial charge in [0.1, 0.15) is 4.90 Å². The van der Waals surface area contributed by atoms with Crippen LogP contribution in [0.3, 0.4) is 0 Å². The highest BCUT2D eigenvalue weighted by molar-refractivity contribution is 9.10. The van der Waals surface area contributed by atoms with E-state index in [1.54, 1.807) is 16.6 Å². The number of aromatic nitrogens is 1. The van der Waals surface area contributed by atoms with Crippen molar-refractivity contribution in [2.45, 2.75) is 37.0 Å². The molecule has 100 valence electrons. The summed E-state index contributed by atoms with van der Waals surface area (Å²) >= 11 is 3.26. The molecule has 18 heavy (non-hydrogen) atoms. The smallest absolute Gasteiger partial charge is 0.244 e. The van der Waals surface area contributed by atoms with E-state index in [1.807, 2.05) is 0 Å². The molecule has 0 aliphatic carbocycles. The molecular weight excluding hydrogens is 316 g/mol. The predicted molar refractivity (Wildman–Crippen MR) is 73.8 cm³/mol. The highest BCUT2D eigenvalue weighted by Crippen LogP contribution is 2.21. The van der Waals surface area contributed by atoms with Gasteiger partial charge in [-0.15, -0.1) is 0 Å². The molecule has 1 aliphatic rings. The first kappa shape index (κ1) is 14.0. The minimum absolute atomic E-state index is 0.275. The number of pyridine rings is 1. The van der Waals surface area contributed by atoms with Crippen LogP contribution in [0.4, 0.5) is 0 Å². The van der Waals surface area contributed by atoms with Gasteiger partial charge in [-0.05, 0) is 34.8 Å². The molecule has 0 saturated carbocycles. The van der Waals surface area contributed by atoms with E-state index in [0.717, 1.165) is 25.7 Å². The molecule has 0 spiro atoms. The van der Waals surface area contributed by atoms with Gasteiger partial charge in [0, 0.05) is 30.0 Å². The van der Waals surface area contributed by atoms with Crippen molar-refractivity contribution in [2.24, 2.45) is 0 Å². The Labute approximate surface area is 117 Å². The van der Waals surface area contributed by atoms with E-state index >= 15 is 0 Å². The highest BCUT2D eigenvalue weighted by Gasteiger charge is 2.24. The summed E-state index contributed by atoms with van der Waals surface area (Å²) in [6, 6.07) is 1.61. The lowest BCUT2D eigenvalue weighted by molar-refractivity contribution is 0.364. The average Bonchev–Trinajstić information content (AvgIpc) is 2.27. The van der Waals surface area contributed by atoms with Crippen LogP contribution < -0.4 is 0 Å². The van der Waals surface area contributed by atoms with Crippen LogP contribution in [-0.2, 0) is 10.0 Å². The molecule has 0 unspecified atom stereocenters. The van der Waals surface area contributed by atoms with Crippen molar-refractivity contribution in [3.8, 4) is 0 Å². The highest BCUT2D eigenvalue weighted by atomic mass is 79.9. The molecule has 0 aromatic carbocycles. The van der Waals surface area contributed by atoms with Crippen LogP contribution in [0.2, 0.25) is 0 Å². The summed E-state index contributed by atoms with van der Waals surface area (Å²) in [5, 5.41) is 0. The van der Waals surface area contributed by atoms with Crippen LogP contribution in [0, 0.1) is 0 Å². The fraction of sp³-hybridized carbons (Fsp3) is 0.583. The lowest BCUT2D eigenvalue weighted by atomic mass is 10.1. The third-order valence-corrected chi connectivity index (χ3v) is 5.43. The molecule has 1 aliphatic heterocycles. The second-order valence-corrected chi connectivity index (χ2v) is 7.36. The minimum atomic E-state index is -3.38. The Kier molecular flexibility index (Phi) is 4.75. The molecule has 2 rings (SSSR count). The van der Waals surface area contributed by atoms with Crippen molar-refractivity contribution in [1.29, 1.82) is 0 Å². The number of halogens is 1. The van der Waals surface area contributed by atoms with Gasteiger partial charge in [0.2, 0.25) is 10.0 Å². The predicted octanol–water partition coefficient (Wildman–Crippen LogP) is 2.80.